The molecule has 6 N–H and O–H groups in total. The summed E-state index contributed by atoms with van der Waals surface area (Å²) in [6, 6.07) is 10.6. The first kappa shape index (κ1) is 19.1. The van der Waals surface area contributed by atoms with Gasteiger partial charge in [-0.1, -0.05) is 18.2 Å². The number of rotatable bonds is 4. The first-order valence-corrected chi connectivity index (χ1v) is 10.5. The molecule has 0 atom stereocenters. The number of fused-ring (bicyclic) bond motifs is 1. The Balaban J connectivity index is 2.21. The summed E-state index contributed by atoms with van der Waals surface area (Å²) < 4.78 is 57.6. The van der Waals surface area contributed by atoms with Gasteiger partial charge in [0.25, 0.3) is 10.1 Å². The maximum Gasteiger partial charge on any atom is 0.296 e. The first-order chi connectivity index (χ1) is 12.6. The standard InChI is InChI=1S/C17H16N2O6S2/c18-9-10-1-3-11(4-2-10)26(21,22)12-5-6-13-14(7-12)15(20)8-16(17(13)19)27(23,24)25/h1-8,20H,9,18-19H2,(H,23,24,25). The van der Waals surface area contributed by atoms with Gasteiger partial charge in [0.05, 0.1) is 15.5 Å². The number of hydrogen-bond donors (Lipinski definition) is 4. The van der Waals surface area contributed by atoms with Crippen LogP contribution in [0.1, 0.15) is 5.56 Å². The number of nitrogens with two attached hydrogens (primary N) is 2. The van der Waals surface area contributed by atoms with Crippen LogP contribution >= 0.6 is 0 Å². The van der Waals surface area contributed by atoms with Crippen LogP contribution in [0.25, 0.3) is 10.8 Å². The highest BCUT2D eigenvalue weighted by Crippen LogP contribution is 2.37. The molecule has 0 unspecified atom stereocenters. The Bertz CT molecular complexity index is 1250. The van der Waals surface area contributed by atoms with Crippen LogP contribution in [0.2, 0.25) is 0 Å². The Morgan fingerprint density at radius 1 is 0.852 bits per heavy atom. The average molecular weight is 408 g/mol. The minimum Gasteiger partial charge on any atom is -0.507 e. The quantitative estimate of drug-likeness (QED) is 0.288. The molecule has 0 heterocycles. The van der Waals surface area contributed by atoms with E-state index in [1.54, 1.807) is 12.1 Å². The Labute approximate surface area is 155 Å². The van der Waals surface area contributed by atoms with E-state index in [1.165, 1.54) is 30.3 Å². The van der Waals surface area contributed by atoms with Crippen molar-refractivity contribution in [3.05, 3.63) is 54.1 Å². The molecule has 0 aliphatic carbocycles. The van der Waals surface area contributed by atoms with Crippen molar-refractivity contribution < 1.29 is 26.5 Å². The largest absolute Gasteiger partial charge is 0.507 e. The van der Waals surface area contributed by atoms with E-state index in [9.17, 15) is 26.5 Å². The first-order valence-electron chi connectivity index (χ1n) is 7.62. The number of sulfone groups is 1. The van der Waals surface area contributed by atoms with Crippen LogP contribution in [-0.4, -0.2) is 26.5 Å². The van der Waals surface area contributed by atoms with Gasteiger partial charge in [-0.05, 0) is 29.8 Å². The Kier molecular flexibility index (Phi) is 4.60. The van der Waals surface area contributed by atoms with Crippen molar-refractivity contribution in [3.63, 3.8) is 0 Å². The molecule has 0 amide bonds. The minimum atomic E-state index is -4.65. The molecule has 0 fully saturated rings. The zero-order valence-corrected chi connectivity index (χ0v) is 15.5. The van der Waals surface area contributed by atoms with Crippen molar-refractivity contribution in [1.82, 2.24) is 0 Å². The molecule has 0 radical (unpaired) electrons. The van der Waals surface area contributed by atoms with Gasteiger partial charge in [0.1, 0.15) is 10.6 Å². The highest BCUT2D eigenvalue weighted by molar-refractivity contribution is 7.91. The third kappa shape index (κ3) is 3.35. The lowest BCUT2D eigenvalue weighted by Crippen LogP contribution is -2.05. The number of nitrogen functional groups attached to an aromatic ring is 1. The van der Waals surface area contributed by atoms with Crippen molar-refractivity contribution in [2.24, 2.45) is 5.73 Å². The Morgan fingerprint density at radius 2 is 1.44 bits per heavy atom. The van der Waals surface area contributed by atoms with Gasteiger partial charge >= 0.3 is 0 Å². The lowest BCUT2D eigenvalue weighted by atomic mass is 10.1. The van der Waals surface area contributed by atoms with Crippen LogP contribution in [0.15, 0.2) is 63.2 Å². The molecule has 0 aliphatic heterocycles. The molecular weight excluding hydrogens is 392 g/mol. The van der Waals surface area contributed by atoms with Crippen LogP contribution in [0, 0.1) is 0 Å². The SMILES string of the molecule is NCc1ccc(S(=O)(=O)c2ccc3c(N)c(S(=O)(=O)O)cc(O)c3c2)cc1. The molecule has 0 aliphatic rings. The molecule has 0 bridgehead atoms. The summed E-state index contributed by atoms with van der Waals surface area (Å²) in [4.78, 5) is -0.716. The van der Waals surface area contributed by atoms with Gasteiger partial charge in [0, 0.05) is 23.4 Å². The fraction of sp³-hybridized carbons (Fsp3) is 0.0588. The number of anilines is 1. The number of benzene rings is 3. The molecule has 142 valence electrons. The number of aromatic hydroxyl groups is 1. The summed E-state index contributed by atoms with van der Waals surface area (Å²) in [6.45, 7) is 0.277. The summed E-state index contributed by atoms with van der Waals surface area (Å²) >= 11 is 0. The second-order valence-electron chi connectivity index (χ2n) is 5.84. The molecule has 0 aromatic heterocycles. The molecule has 0 saturated carbocycles. The van der Waals surface area contributed by atoms with Crippen molar-refractivity contribution >= 4 is 36.4 Å². The van der Waals surface area contributed by atoms with Crippen LogP contribution < -0.4 is 11.5 Å². The van der Waals surface area contributed by atoms with Gasteiger partial charge in [-0.25, -0.2) is 8.42 Å². The molecule has 8 nitrogen and oxygen atoms in total. The van der Waals surface area contributed by atoms with E-state index in [-0.39, 0.29) is 32.8 Å². The molecule has 0 saturated heterocycles. The summed E-state index contributed by atoms with van der Waals surface area (Å²) in [6.07, 6.45) is 0. The van der Waals surface area contributed by atoms with Crippen molar-refractivity contribution in [3.8, 4) is 5.75 Å². The van der Waals surface area contributed by atoms with E-state index in [1.807, 2.05) is 0 Å². The second kappa shape index (κ2) is 6.50. The smallest absolute Gasteiger partial charge is 0.296 e. The third-order valence-corrected chi connectivity index (χ3v) is 6.81. The normalized spacial score (nSPS) is 12.4. The van der Waals surface area contributed by atoms with E-state index < -0.39 is 30.6 Å². The zero-order valence-electron chi connectivity index (χ0n) is 13.8. The Hall–Kier alpha value is -2.66. The Morgan fingerprint density at radius 3 is 2.00 bits per heavy atom. The van der Waals surface area contributed by atoms with Gasteiger partial charge in [0.2, 0.25) is 9.84 Å². The van der Waals surface area contributed by atoms with Crippen molar-refractivity contribution in [1.29, 1.82) is 0 Å². The second-order valence-corrected chi connectivity index (χ2v) is 9.18. The van der Waals surface area contributed by atoms with Gasteiger partial charge in [0.15, 0.2) is 0 Å². The molecule has 27 heavy (non-hydrogen) atoms. The zero-order chi connectivity index (χ0) is 20.0. The van der Waals surface area contributed by atoms with E-state index >= 15 is 0 Å². The van der Waals surface area contributed by atoms with E-state index in [2.05, 4.69) is 0 Å². The highest BCUT2D eigenvalue weighted by Gasteiger charge is 2.22. The van der Waals surface area contributed by atoms with Gasteiger partial charge in [-0.15, -0.1) is 0 Å². The lowest BCUT2D eigenvalue weighted by molar-refractivity contribution is 0.471. The van der Waals surface area contributed by atoms with Crippen LogP contribution in [0.5, 0.6) is 5.75 Å². The van der Waals surface area contributed by atoms with Crippen LogP contribution in [-0.2, 0) is 26.5 Å². The minimum absolute atomic E-state index is 0.0413. The summed E-state index contributed by atoms with van der Waals surface area (Å²) in [5, 5.41) is 10.3. The molecule has 3 rings (SSSR count). The number of phenolic OH excluding ortho intramolecular Hbond substituents is 1. The molecular formula is C17H16N2O6S2. The fourth-order valence-electron chi connectivity index (χ4n) is 2.70. The molecule has 0 spiro atoms. The van der Waals surface area contributed by atoms with E-state index in [0.717, 1.165) is 11.6 Å². The van der Waals surface area contributed by atoms with Crippen LogP contribution in [0.3, 0.4) is 0 Å². The molecule has 3 aromatic rings. The third-order valence-electron chi connectivity index (χ3n) is 4.15. The summed E-state index contributed by atoms with van der Waals surface area (Å²) in [5.74, 6) is -0.526. The average Bonchev–Trinajstić information content (AvgIpc) is 2.63. The molecule has 10 heteroatoms. The fourth-order valence-corrected chi connectivity index (χ4v) is 4.64. The predicted molar refractivity (Wildman–Crippen MR) is 99.6 cm³/mol. The van der Waals surface area contributed by atoms with Gasteiger partial charge in [-0.2, -0.15) is 8.42 Å². The maximum absolute atomic E-state index is 12.8. The van der Waals surface area contributed by atoms with E-state index in [0.29, 0.717) is 0 Å². The van der Waals surface area contributed by atoms with Crippen LogP contribution in [0.4, 0.5) is 5.69 Å². The number of phenols is 1. The monoisotopic (exact) mass is 408 g/mol. The van der Waals surface area contributed by atoms with E-state index in [4.69, 9.17) is 11.5 Å². The lowest BCUT2D eigenvalue weighted by Gasteiger charge is -2.11. The predicted octanol–water partition coefficient (Wildman–Crippen LogP) is 1.67. The summed E-state index contributed by atoms with van der Waals surface area (Å²) in [5.41, 5.74) is 11.8. The maximum atomic E-state index is 12.8. The van der Waals surface area contributed by atoms with Gasteiger partial charge < -0.3 is 16.6 Å². The van der Waals surface area contributed by atoms with Crippen molar-refractivity contribution in [2.45, 2.75) is 21.2 Å². The summed E-state index contributed by atoms with van der Waals surface area (Å²) in [7, 11) is -8.53. The topological polar surface area (TPSA) is 161 Å². The molecule has 3 aromatic carbocycles. The number of hydrogen-bond acceptors (Lipinski definition) is 7. The van der Waals surface area contributed by atoms with Gasteiger partial charge in [-0.3, -0.25) is 4.55 Å². The van der Waals surface area contributed by atoms with Crippen molar-refractivity contribution in [2.75, 3.05) is 5.73 Å². The highest BCUT2D eigenvalue weighted by atomic mass is 32.2.